The van der Waals surface area contributed by atoms with Crippen molar-refractivity contribution in [3.05, 3.63) is 99.9 Å². The van der Waals surface area contributed by atoms with Crippen LogP contribution in [-0.2, 0) is 11.4 Å². The molecule has 3 aromatic carbocycles. The molecule has 1 N–H and O–H groups in total. The van der Waals surface area contributed by atoms with Crippen LogP contribution < -0.4 is 14.8 Å². The van der Waals surface area contributed by atoms with Gasteiger partial charge in [-0.2, -0.15) is 0 Å². The summed E-state index contributed by atoms with van der Waals surface area (Å²) in [6.45, 7) is 2.51. The number of rotatable bonds is 8. The first-order valence-corrected chi connectivity index (χ1v) is 11.8. The van der Waals surface area contributed by atoms with Gasteiger partial charge in [-0.25, -0.2) is 4.98 Å². The van der Waals surface area contributed by atoms with E-state index in [4.69, 9.17) is 21.1 Å². The summed E-state index contributed by atoms with van der Waals surface area (Å²) in [4.78, 5) is 16.9. The van der Waals surface area contributed by atoms with Crippen LogP contribution in [0.4, 0.5) is 5.13 Å². The average molecular weight is 491 g/mol. The highest BCUT2D eigenvalue weighted by molar-refractivity contribution is 7.14. The molecule has 1 amide bonds. The molecule has 172 valence electrons. The number of methoxy groups -OCH3 is 1. The number of carbonyl (C=O) groups excluding carboxylic acids is 1. The Balaban J connectivity index is 1.38. The minimum atomic E-state index is -0.268. The molecule has 0 aliphatic heterocycles. The summed E-state index contributed by atoms with van der Waals surface area (Å²) < 4.78 is 11.4. The van der Waals surface area contributed by atoms with Crippen LogP contribution in [0.3, 0.4) is 0 Å². The maximum Gasteiger partial charge on any atom is 0.250 e. The molecule has 7 heteroatoms. The fraction of sp³-hybridized carbons (Fsp3) is 0.111. The largest absolute Gasteiger partial charge is 0.493 e. The number of nitrogens with zero attached hydrogens (tertiary/aromatic N) is 1. The zero-order valence-electron chi connectivity index (χ0n) is 18.7. The number of carbonyl (C=O) groups is 1. The smallest absolute Gasteiger partial charge is 0.250 e. The van der Waals surface area contributed by atoms with E-state index in [9.17, 15) is 4.79 Å². The summed E-state index contributed by atoms with van der Waals surface area (Å²) in [5.74, 6) is 0.976. The molecule has 1 heterocycles. The third-order valence-corrected chi connectivity index (χ3v) is 6.14. The van der Waals surface area contributed by atoms with Gasteiger partial charge in [0, 0.05) is 22.0 Å². The number of halogens is 1. The van der Waals surface area contributed by atoms with E-state index in [0.717, 1.165) is 22.4 Å². The van der Waals surface area contributed by atoms with Crippen LogP contribution in [0.15, 0.2) is 78.2 Å². The molecule has 0 aliphatic rings. The van der Waals surface area contributed by atoms with Crippen molar-refractivity contribution in [1.82, 2.24) is 4.98 Å². The number of amides is 1. The highest BCUT2D eigenvalue weighted by Crippen LogP contribution is 2.30. The normalized spacial score (nSPS) is 10.9. The van der Waals surface area contributed by atoms with E-state index in [-0.39, 0.29) is 5.91 Å². The molecule has 4 aromatic rings. The zero-order valence-corrected chi connectivity index (χ0v) is 20.3. The van der Waals surface area contributed by atoms with Gasteiger partial charge in [0.2, 0.25) is 5.91 Å². The van der Waals surface area contributed by atoms with Gasteiger partial charge in [-0.15, -0.1) is 11.3 Å². The maximum absolute atomic E-state index is 12.4. The first-order valence-electron chi connectivity index (χ1n) is 10.6. The van der Waals surface area contributed by atoms with E-state index >= 15 is 0 Å². The van der Waals surface area contributed by atoms with Crippen molar-refractivity contribution in [3.63, 3.8) is 0 Å². The van der Waals surface area contributed by atoms with Crippen molar-refractivity contribution in [1.29, 1.82) is 0 Å². The van der Waals surface area contributed by atoms with E-state index in [1.165, 1.54) is 23.0 Å². The lowest BCUT2D eigenvalue weighted by atomic mass is 10.1. The van der Waals surface area contributed by atoms with Crippen molar-refractivity contribution in [2.45, 2.75) is 13.5 Å². The summed E-state index contributed by atoms with van der Waals surface area (Å²) >= 11 is 7.30. The quantitative estimate of drug-likeness (QED) is 0.270. The van der Waals surface area contributed by atoms with Crippen molar-refractivity contribution < 1.29 is 14.3 Å². The predicted octanol–water partition coefficient (Wildman–Crippen LogP) is 7.01. The van der Waals surface area contributed by atoms with Crippen molar-refractivity contribution in [2.75, 3.05) is 12.4 Å². The Morgan fingerprint density at radius 3 is 2.65 bits per heavy atom. The minimum absolute atomic E-state index is 0.268. The van der Waals surface area contributed by atoms with Gasteiger partial charge in [0.25, 0.3) is 0 Å². The van der Waals surface area contributed by atoms with E-state index in [1.807, 2.05) is 66.0 Å². The second kappa shape index (κ2) is 11.0. The van der Waals surface area contributed by atoms with Crippen LogP contribution in [0, 0.1) is 6.92 Å². The van der Waals surface area contributed by atoms with E-state index < -0.39 is 0 Å². The van der Waals surface area contributed by atoms with Gasteiger partial charge in [-0.1, -0.05) is 54.1 Å². The molecular weight excluding hydrogens is 468 g/mol. The fourth-order valence-corrected chi connectivity index (χ4v) is 4.09. The maximum atomic E-state index is 12.4. The van der Waals surface area contributed by atoms with Crippen molar-refractivity contribution >= 4 is 40.1 Å². The van der Waals surface area contributed by atoms with Gasteiger partial charge >= 0.3 is 0 Å². The van der Waals surface area contributed by atoms with Gasteiger partial charge in [0.1, 0.15) is 6.61 Å². The minimum Gasteiger partial charge on any atom is -0.493 e. The number of ether oxygens (including phenoxy) is 2. The molecule has 0 saturated heterocycles. The fourth-order valence-electron chi connectivity index (χ4n) is 3.24. The first-order chi connectivity index (χ1) is 16.5. The van der Waals surface area contributed by atoms with Crippen LogP contribution in [0.2, 0.25) is 5.02 Å². The summed E-state index contributed by atoms with van der Waals surface area (Å²) in [6, 6.07) is 21.0. The predicted molar refractivity (Wildman–Crippen MR) is 139 cm³/mol. The molecule has 0 saturated carbocycles. The Bertz CT molecular complexity index is 1320. The van der Waals surface area contributed by atoms with Gasteiger partial charge in [0.15, 0.2) is 16.6 Å². The molecule has 0 unspecified atom stereocenters. The lowest BCUT2D eigenvalue weighted by Crippen LogP contribution is -2.07. The van der Waals surface area contributed by atoms with Crippen molar-refractivity contribution in [3.8, 4) is 22.8 Å². The zero-order chi connectivity index (χ0) is 23.9. The number of hydrogen-bond acceptors (Lipinski definition) is 5. The van der Waals surface area contributed by atoms with Crippen molar-refractivity contribution in [2.24, 2.45) is 0 Å². The monoisotopic (exact) mass is 490 g/mol. The number of nitrogens with one attached hydrogen (secondary N) is 1. The molecule has 1 aromatic heterocycles. The highest BCUT2D eigenvalue weighted by Gasteiger charge is 2.08. The number of hydrogen-bond donors (Lipinski definition) is 1. The Labute approximate surface area is 207 Å². The Kier molecular flexibility index (Phi) is 7.62. The van der Waals surface area contributed by atoms with Gasteiger partial charge in [-0.3, -0.25) is 10.1 Å². The Hall–Kier alpha value is -3.61. The first kappa shape index (κ1) is 23.5. The number of aryl methyl sites for hydroxylation is 1. The molecule has 5 nitrogen and oxygen atoms in total. The Morgan fingerprint density at radius 1 is 1.09 bits per heavy atom. The standard InChI is InChI=1S/C27H23ClN2O3S/c1-18-5-3-4-6-21(18)16-33-24-13-7-19(15-25(24)32-2)8-14-26(31)30-27-29-23(17-34-27)20-9-11-22(28)12-10-20/h3-15,17H,16H2,1-2H3,(H,29,30,31). The molecule has 0 radical (unpaired) electrons. The van der Waals surface area contributed by atoms with Gasteiger partial charge < -0.3 is 9.47 Å². The number of aromatic nitrogens is 1. The second-order valence-corrected chi connectivity index (χ2v) is 8.79. The summed E-state index contributed by atoms with van der Waals surface area (Å²) in [7, 11) is 1.59. The highest BCUT2D eigenvalue weighted by atomic mass is 35.5. The lowest BCUT2D eigenvalue weighted by Gasteiger charge is -2.12. The average Bonchev–Trinajstić information content (AvgIpc) is 3.31. The van der Waals surface area contributed by atoms with Crippen LogP contribution in [0.1, 0.15) is 16.7 Å². The summed E-state index contributed by atoms with van der Waals surface area (Å²) in [5, 5.41) is 5.88. The van der Waals surface area contributed by atoms with E-state index in [0.29, 0.717) is 28.3 Å². The van der Waals surface area contributed by atoms with Crippen LogP contribution in [0.5, 0.6) is 11.5 Å². The van der Waals surface area contributed by atoms with Crippen LogP contribution in [-0.4, -0.2) is 18.0 Å². The molecule has 0 fully saturated rings. The molecule has 0 atom stereocenters. The van der Waals surface area contributed by atoms with Gasteiger partial charge in [0.05, 0.1) is 12.8 Å². The number of thiazole rings is 1. The SMILES string of the molecule is COc1cc(C=CC(=O)Nc2nc(-c3ccc(Cl)cc3)cs2)ccc1OCc1ccccc1C. The lowest BCUT2D eigenvalue weighted by molar-refractivity contribution is -0.111. The van der Waals surface area contributed by atoms with Crippen LogP contribution in [0.25, 0.3) is 17.3 Å². The third kappa shape index (κ3) is 6.04. The molecule has 0 spiro atoms. The number of benzene rings is 3. The summed E-state index contributed by atoms with van der Waals surface area (Å²) in [6.07, 6.45) is 3.18. The summed E-state index contributed by atoms with van der Waals surface area (Å²) in [5.41, 5.74) is 4.83. The van der Waals surface area contributed by atoms with E-state index in [1.54, 1.807) is 13.2 Å². The molecular formula is C27H23ClN2O3S. The number of anilines is 1. The Morgan fingerprint density at radius 2 is 1.88 bits per heavy atom. The molecule has 0 bridgehead atoms. The third-order valence-electron chi connectivity index (χ3n) is 5.13. The topological polar surface area (TPSA) is 60.5 Å². The molecule has 0 aliphatic carbocycles. The molecule has 34 heavy (non-hydrogen) atoms. The van der Waals surface area contributed by atoms with Crippen LogP contribution >= 0.6 is 22.9 Å². The van der Waals surface area contributed by atoms with E-state index in [2.05, 4.69) is 23.3 Å². The molecule has 4 rings (SSSR count). The van der Waals surface area contributed by atoms with Gasteiger partial charge in [-0.05, 0) is 54.0 Å². The second-order valence-electron chi connectivity index (χ2n) is 7.49.